The monoisotopic (exact) mass is 322 g/mol. The van der Waals surface area contributed by atoms with E-state index in [-0.39, 0.29) is 5.60 Å². The molecule has 0 radical (unpaired) electrons. The van der Waals surface area contributed by atoms with Crippen molar-refractivity contribution >= 4 is 32.5 Å². The lowest BCUT2D eigenvalue weighted by atomic mass is 10.1. The molecule has 1 heterocycles. The standard InChI is InChI=1S/C15H19BrN2O/c1-15(2,19-3)7-8-17-13-6-4-5-11-9-12(16)10-18-14(11)13/h4-6,9-10,17H,7-8H2,1-3H3. The predicted octanol–water partition coefficient (Wildman–Crippen LogP) is 4.22. The molecule has 0 aliphatic rings. The van der Waals surface area contributed by atoms with Crippen LogP contribution >= 0.6 is 15.9 Å². The van der Waals surface area contributed by atoms with Crippen LogP contribution in [-0.4, -0.2) is 24.2 Å². The van der Waals surface area contributed by atoms with E-state index < -0.39 is 0 Å². The fourth-order valence-corrected chi connectivity index (χ4v) is 2.23. The summed E-state index contributed by atoms with van der Waals surface area (Å²) >= 11 is 3.45. The highest BCUT2D eigenvalue weighted by Gasteiger charge is 2.15. The van der Waals surface area contributed by atoms with E-state index in [2.05, 4.69) is 58.3 Å². The highest BCUT2D eigenvalue weighted by atomic mass is 79.9. The number of anilines is 1. The molecule has 0 unspecified atom stereocenters. The first-order valence-electron chi connectivity index (χ1n) is 6.35. The van der Waals surface area contributed by atoms with Crippen LogP contribution < -0.4 is 5.32 Å². The van der Waals surface area contributed by atoms with E-state index in [1.54, 1.807) is 7.11 Å². The van der Waals surface area contributed by atoms with Crippen molar-refractivity contribution in [1.82, 2.24) is 4.98 Å². The molecule has 2 rings (SSSR count). The molecule has 2 aromatic rings. The summed E-state index contributed by atoms with van der Waals surface area (Å²) in [5.41, 5.74) is 1.96. The number of benzene rings is 1. The minimum atomic E-state index is -0.103. The Bertz CT molecular complexity index is 569. The van der Waals surface area contributed by atoms with Gasteiger partial charge in [-0.2, -0.15) is 0 Å². The minimum Gasteiger partial charge on any atom is -0.383 e. The summed E-state index contributed by atoms with van der Waals surface area (Å²) in [6.45, 7) is 5.04. The Hall–Kier alpha value is -1.13. The van der Waals surface area contributed by atoms with E-state index in [0.717, 1.165) is 34.0 Å². The molecule has 0 saturated heterocycles. The van der Waals surface area contributed by atoms with Gasteiger partial charge in [0.15, 0.2) is 0 Å². The summed E-state index contributed by atoms with van der Waals surface area (Å²) in [5, 5.41) is 4.57. The number of para-hydroxylation sites is 1. The molecule has 19 heavy (non-hydrogen) atoms. The quantitative estimate of drug-likeness (QED) is 0.894. The van der Waals surface area contributed by atoms with Gasteiger partial charge in [-0.25, -0.2) is 0 Å². The van der Waals surface area contributed by atoms with Crippen LogP contribution in [0.15, 0.2) is 34.9 Å². The van der Waals surface area contributed by atoms with Crippen molar-refractivity contribution < 1.29 is 4.74 Å². The van der Waals surface area contributed by atoms with Crippen molar-refractivity contribution in [2.75, 3.05) is 19.0 Å². The molecule has 0 saturated carbocycles. The van der Waals surface area contributed by atoms with Gasteiger partial charge in [0.2, 0.25) is 0 Å². The molecule has 4 heteroatoms. The Balaban J connectivity index is 2.13. The molecule has 0 aliphatic heterocycles. The topological polar surface area (TPSA) is 34.1 Å². The van der Waals surface area contributed by atoms with Crippen molar-refractivity contribution in [3.63, 3.8) is 0 Å². The van der Waals surface area contributed by atoms with E-state index in [1.165, 1.54) is 0 Å². The van der Waals surface area contributed by atoms with Crippen LogP contribution in [0.2, 0.25) is 0 Å². The first kappa shape index (κ1) is 14.3. The van der Waals surface area contributed by atoms with Gasteiger partial charge in [0.05, 0.1) is 16.8 Å². The molecule has 102 valence electrons. The highest BCUT2D eigenvalue weighted by Crippen LogP contribution is 2.24. The maximum absolute atomic E-state index is 5.42. The summed E-state index contributed by atoms with van der Waals surface area (Å²) in [5.74, 6) is 0. The number of pyridine rings is 1. The number of nitrogens with zero attached hydrogens (tertiary/aromatic N) is 1. The highest BCUT2D eigenvalue weighted by molar-refractivity contribution is 9.10. The number of fused-ring (bicyclic) bond motifs is 1. The van der Waals surface area contributed by atoms with E-state index in [0.29, 0.717) is 0 Å². The van der Waals surface area contributed by atoms with Crippen molar-refractivity contribution in [1.29, 1.82) is 0 Å². The normalized spacial score (nSPS) is 11.8. The lowest BCUT2D eigenvalue weighted by molar-refractivity contribution is 0.0185. The molecule has 0 amide bonds. The molecular weight excluding hydrogens is 304 g/mol. The third-order valence-electron chi connectivity index (χ3n) is 3.27. The van der Waals surface area contributed by atoms with Crippen molar-refractivity contribution in [3.05, 3.63) is 34.9 Å². The smallest absolute Gasteiger partial charge is 0.0934 e. The van der Waals surface area contributed by atoms with E-state index >= 15 is 0 Å². The van der Waals surface area contributed by atoms with Crippen LogP contribution in [0, 0.1) is 0 Å². The predicted molar refractivity (Wildman–Crippen MR) is 83.6 cm³/mol. The zero-order chi connectivity index (χ0) is 13.9. The zero-order valence-corrected chi connectivity index (χ0v) is 13.1. The minimum absolute atomic E-state index is 0.103. The summed E-state index contributed by atoms with van der Waals surface area (Å²) in [7, 11) is 1.75. The van der Waals surface area contributed by atoms with Crippen molar-refractivity contribution in [2.24, 2.45) is 0 Å². The van der Waals surface area contributed by atoms with Crippen LogP contribution in [0.3, 0.4) is 0 Å². The van der Waals surface area contributed by atoms with Gasteiger partial charge < -0.3 is 10.1 Å². The van der Waals surface area contributed by atoms with E-state index in [4.69, 9.17) is 4.74 Å². The molecule has 0 atom stereocenters. The molecule has 1 N–H and O–H groups in total. The number of aromatic nitrogens is 1. The number of nitrogens with one attached hydrogen (secondary N) is 1. The summed E-state index contributed by atoms with van der Waals surface area (Å²) in [4.78, 5) is 4.48. The zero-order valence-electron chi connectivity index (χ0n) is 11.5. The van der Waals surface area contributed by atoms with Crippen molar-refractivity contribution in [2.45, 2.75) is 25.9 Å². The average molecular weight is 323 g/mol. The van der Waals surface area contributed by atoms with Gasteiger partial charge in [0, 0.05) is 29.7 Å². The summed E-state index contributed by atoms with van der Waals surface area (Å²) in [6, 6.07) is 8.24. The van der Waals surface area contributed by atoms with Crippen LogP contribution in [0.5, 0.6) is 0 Å². The fourth-order valence-electron chi connectivity index (χ4n) is 1.88. The second kappa shape index (κ2) is 5.88. The Morgan fingerprint density at radius 2 is 2.16 bits per heavy atom. The Labute approximate surface area is 122 Å². The maximum Gasteiger partial charge on any atom is 0.0934 e. The Morgan fingerprint density at radius 1 is 1.37 bits per heavy atom. The average Bonchev–Trinajstić information content (AvgIpc) is 2.38. The second-order valence-electron chi connectivity index (χ2n) is 5.17. The van der Waals surface area contributed by atoms with Crippen LogP contribution in [-0.2, 0) is 4.74 Å². The Kier molecular flexibility index (Phi) is 4.42. The van der Waals surface area contributed by atoms with Crippen LogP contribution in [0.4, 0.5) is 5.69 Å². The SMILES string of the molecule is COC(C)(C)CCNc1cccc2cc(Br)cnc12. The Morgan fingerprint density at radius 3 is 2.89 bits per heavy atom. The fraction of sp³-hybridized carbons (Fsp3) is 0.400. The maximum atomic E-state index is 5.42. The molecule has 1 aromatic carbocycles. The largest absolute Gasteiger partial charge is 0.383 e. The van der Waals surface area contributed by atoms with E-state index in [9.17, 15) is 0 Å². The molecule has 0 fully saturated rings. The van der Waals surface area contributed by atoms with Gasteiger partial charge >= 0.3 is 0 Å². The van der Waals surface area contributed by atoms with E-state index in [1.807, 2.05) is 12.3 Å². The van der Waals surface area contributed by atoms with Crippen molar-refractivity contribution in [3.8, 4) is 0 Å². The molecular formula is C15H19BrN2O. The first-order chi connectivity index (χ1) is 9.02. The lowest BCUT2D eigenvalue weighted by Crippen LogP contribution is -2.25. The molecule has 0 spiro atoms. The molecule has 3 nitrogen and oxygen atoms in total. The van der Waals surface area contributed by atoms with Gasteiger partial charge in [0.1, 0.15) is 0 Å². The number of rotatable bonds is 5. The third-order valence-corrected chi connectivity index (χ3v) is 3.71. The van der Waals surface area contributed by atoms with Gasteiger partial charge in [0.25, 0.3) is 0 Å². The number of methoxy groups -OCH3 is 1. The number of ether oxygens (including phenoxy) is 1. The lowest BCUT2D eigenvalue weighted by Gasteiger charge is -2.23. The van der Waals surface area contributed by atoms with Crippen LogP contribution in [0.25, 0.3) is 10.9 Å². The van der Waals surface area contributed by atoms with Gasteiger partial charge in [-0.1, -0.05) is 12.1 Å². The van der Waals surface area contributed by atoms with Gasteiger partial charge in [-0.3, -0.25) is 4.98 Å². The molecule has 0 bridgehead atoms. The molecule has 0 aliphatic carbocycles. The first-order valence-corrected chi connectivity index (χ1v) is 7.14. The third kappa shape index (κ3) is 3.67. The van der Waals surface area contributed by atoms with Crippen LogP contribution in [0.1, 0.15) is 20.3 Å². The number of hydrogen-bond acceptors (Lipinski definition) is 3. The number of hydrogen-bond donors (Lipinski definition) is 1. The summed E-state index contributed by atoms with van der Waals surface area (Å²) in [6.07, 6.45) is 2.77. The molecule has 1 aromatic heterocycles. The second-order valence-corrected chi connectivity index (χ2v) is 6.09. The van der Waals surface area contributed by atoms with Gasteiger partial charge in [-0.05, 0) is 48.3 Å². The number of halogens is 1. The summed E-state index contributed by atoms with van der Waals surface area (Å²) < 4.78 is 6.41. The van der Waals surface area contributed by atoms with Gasteiger partial charge in [-0.15, -0.1) is 0 Å².